The van der Waals surface area contributed by atoms with Crippen LogP contribution in [0.15, 0.2) is 102 Å². The lowest BCUT2D eigenvalue weighted by atomic mass is 9.77. The molecule has 0 heterocycles. The van der Waals surface area contributed by atoms with Gasteiger partial charge in [-0.1, -0.05) is 96.1 Å². The molecule has 0 aliphatic heterocycles. The van der Waals surface area contributed by atoms with Gasteiger partial charge in [-0.2, -0.15) is 0 Å². The van der Waals surface area contributed by atoms with E-state index in [-0.39, 0.29) is 0 Å². The SMILES string of the molecule is CC(C)(O)c1ccc(C2CCC(CC(=Nc3cccc(Cl)c3)NO)CC2)cc1.CC(C)(O)c1ccc(C2CCC(CC(=S)Nc3cccc(Cl)c3)CC2)cc1. The number of benzene rings is 4. The molecule has 0 bridgehead atoms. The highest BCUT2D eigenvalue weighted by Crippen LogP contribution is 2.39. The smallest absolute Gasteiger partial charge is 0.126 e. The van der Waals surface area contributed by atoms with Crippen molar-refractivity contribution in [3.63, 3.8) is 0 Å². The maximum atomic E-state index is 10.1. The third-order valence-electron chi connectivity index (χ3n) is 11.1. The number of nitrogens with one attached hydrogen (secondary N) is 2. The molecule has 294 valence electrons. The van der Waals surface area contributed by atoms with Crippen molar-refractivity contribution in [2.45, 2.75) is 115 Å². The van der Waals surface area contributed by atoms with E-state index in [1.807, 2.05) is 82.3 Å². The van der Waals surface area contributed by atoms with E-state index >= 15 is 0 Å². The molecular weight excluding hydrogens is 745 g/mol. The number of hydrogen-bond donors (Lipinski definition) is 5. The quantitative estimate of drug-likeness (QED) is 0.0474. The third kappa shape index (κ3) is 13.4. The normalized spacial score (nSPS) is 20.6. The topological polar surface area (TPSA) is 97.1 Å². The number of nitrogens with zero attached hydrogens (tertiary/aromatic N) is 1. The molecule has 0 unspecified atom stereocenters. The van der Waals surface area contributed by atoms with Gasteiger partial charge in [0.1, 0.15) is 5.84 Å². The molecule has 0 saturated heterocycles. The summed E-state index contributed by atoms with van der Waals surface area (Å²) >= 11 is 17.6. The van der Waals surface area contributed by atoms with E-state index in [0.29, 0.717) is 34.5 Å². The summed E-state index contributed by atoms with van der Waals surface area (Å²) in [5.74, 6) is 2.91. The molecule has 6 nitrogen and oxygen atoms in total. The van der Waals surface area contributed by atoms with Crippen LogP contribution in [0.4, 0.5) is 11.4 Å². The molecule has 2 aliphatic rings. The van der Waals surface area contributed by atoms with E-state index in [1.54, 1.807) is 6.07 Å². The summed E-state index contributed by atoms with van der Waals surface area (Å²) in [6.07, 6.45) is 10.9. The van der Waals surface area contributed by atoms with Gasteiger partial charge in [0.25, 0.3) is 0 Å². The molecule has 0 spiro atoms. The summed E-state index contributed by atoms with van der Waals surface area (Å²) in [5, 5.41) is 34.4. The second kappa shape index (κ2) is 19.7. The Morgan fingerprint density at radius 1 is 0.655 bits per heavy atom. The minimum absolute atomic E-state index is 0.504. The van der Waals surface area contributed by atoms with E-state index in [9.17, 15) is 15.4 Å². The van der Waals surface area contributed by atoms with Crippen LogP contribution in [-0.4, -0.2) is 26.2 Å². The molecule has 0 radical (unpaired) electrons. The van der Waals surface area contributed by atoms with Crippen LogP contribution in [0.5, 0.6) is 0 Å². The van der Waals surface area contributed by atoms with Gasteiger partial charge in [-0.3, -0.25) is 10.7 Å². The second-order valence-corrected chi connectivity index (χ2v) is 17.8. The van der Waals surface area contributed by atoms with Gasteiger partial charge in [-0.25, -0.2) is 4.99 Å². The Kier molecular flexibility index (Phi) is 15.4. The van der Waals surface area contributed by atoms with Crippen LogP contribution in [0.25, 0.3) is 0 Å². The van der Waals surface area contributed by atoms with Crippen LogP contribution in [0.2, 0.25) is 10.0 Å². The van der Waals surface area contributed by atoms with Crippen molar-refractivity contribution in [3.05, 3.63) is 129 Å². The number of amidine groups is 1. The third-order valence-corrected chi connectivity index (χ3v) is 11.9. The first-order chi connectivity index (χ1) is 26.2. The molecule has 2 fully saturated rings. The Balaban J connectivity index is 0.000000211. The number of aliphatic imine (C=N–C) groups is 1. The van der Waals surface area contributed by atoms with Gasteiger partial charge in [0, 0.05) is 28.6 Å². The van der Waals surface area contributed by atoms with E-state index in [2.05, 4.69) is 52.2 Å². The first-order valence-corrected chi connectivity index (χ1v) is 20.8. The van der Waals surface area contributed by atoms with Crippen LogP contribution >= 0.6 is 35.4 Å². The Morgan fingerprint density at radius 2 is 1.11 bits per heavy atom. The fourth-order valence-corrected chi connectivity index (χ4v) is 8.59. The van der Waals surface area contributed by atoms with Crippen LogP contribution in [0.3, 0.4) is 0 Å². The predicted octanol–water partition coefficient (Wildman–Crippen LogP) is 12.6. The number of rotatable bonds is 10. The summed E-state index contributed by atoms with van der Waals surface area (Å²) in [7, 11) is 0. The zero-order valence-corrected chi connectivity index (χ0v) is 34.9. The second-order valence-electron chi connectivity index (χ2n) is 16.4. The van der Waals surface area contributed by atoms with Crippen LogP contribution in [0, 0.1) is 11.8 Å². The van der Waals surface area contributed by atoms with Crippen molar-refractivity contribution in [2.75, 3.05) is 5.32 Å². The van der Waals surface area contributed by atoms with Crippen molar-refractivity contribution in [1.29, 1.82) is 0 Å². The molecule has 4 aromatic rings. The number of anilines is 1. The average Bonchev–Trinajstić information content (AvgIpc) is 3.15. The monoisotopic (exact) mass is 801 g/mol. The standard InChI is InChI=1S/C23H29ClN2O2.C23H28ClNOS/c1-23(2,27)19-12-10-18(11-13-19)17-8-6-16(7-9-17)14-22(26-28)25-21-5-3-4-20(24)15-21;1-23(2,26)19-12-10-18(11-13-19)17-8-6-16(7-9-17)14-22(27)25-21-5-3-4-20(24)15-21/h3-5,10-13,15-17,27-28H,6-9,14H2,1-2H3,(H,25,26);3-5,10-13,15-17,26H,6-9,14H2,1-2H3,(H,25,27). The van der Waals surface area contributed by atoms with Crippen molar-refractivity contribution in [3.8, 4) is 0 Å². The zero-order valence-electron chi connectivity index (χ0n) is 32.6. The van der Waals surface area contributed by atoms with Gasteiger partial charge >= 0.3 is 0 Å². The van der Waals surface area contributed by atoms with Crippen molar-refractivity contribution >= 4 is 57.6 Å². The Morgan fingerprint density at radius 3 is 1.55 bits per heavy atom. The molecule has 4 aromatic carbocycles. The summed E-state index contributed by atoms with van der Waals surface area (Å²) < 4.78 is 0. The summed E-state index contributed by atoms with van der Waals surface area (Å²) in [6.45, 7) is 7.27. The van der Waals surface area contributed by atoms with E-state index in [0.717, 1.165) is 71.0 Å². The number of hydrogen-bond acceptors (Lipinski definition) is 5. The molecule has 0 aromatic heterocycles. The lowest BCUT2D eigenvalue weighted by Crippen LogP contribution is -2.24. The lowest BCUT2D eigenvalue weighted by Gasteiger charge is -2.29. The van der Waals surface area contributed by atoms with E-state index < -0.39 is 11.2 Å². The number of thiocarbonyl (C=S) groups is 1. The van der Waals surface area contributed by atoms with Crippen LogP contribution < -0.4 is 10.8 Å². The number of halogens is 2. The highest BCUT2D eigenvalue weighted by molar-refractivity contribution is 7.80. The molecule has 2 saturated carbocycles. The molecular formula is C46H57Cl2N3O3S. The lowest BCUT2D eigenvalue weighted by molar-refractivity contribution is 0.0780. The van der Waals surface area contributed by atoms with Crippen LogP contribution in [-0.2, 0) is 11.2 Å². The fourth-order valence-electron chi connectivity index (χ4n) is 7.86. The average molecular weight is 803 g/mol. The first kappa shape index (κ1) is 42.8. The Bertz CT molecular complexity index is 1850. The Hall–Kier alpha value is -3.30. The largest absolute Gasteiger partial charge is 0.386 e. The molecule has 0 atom stereocenters. The molecule has 5 N–H and O–H groups in total. The number of hydroxylamine groups is 1. The van der Waals surface area contributed by atoms with Crippen molar-refractivity contribution in [2.24, 2.45) is 16.8 Å². The number of aliphatic hydroxyl groups is 2. The predicted molar refractivity (Wildman–Crippen MR) is 233 cm³/mol. The zero-order chi connectivity index (χ0) is 39.6. The maximum absolute atomic E-state index is 10.1. The van der Waals surface area contributed by atoms with Gasteiger partial charge < -0.3 is 15.5 Å². The van der Waals surface area contributed by atoms with Gasteiger partial charge in [0.15, 0.2) is 0 Å². The van der Waals surface area contributed by atoms with Crippen molar-refractivity contribution < 1.29 is 15.4 Å². The van der Waals surface area contributed by atoms with Crippen LogP contribution in [0.1, 0.15) is 126 Å². The van der Waals surface area contributed by atoms with E-state index in [1.165, 1.54) is 36.8 Å². The van der Waals surface area contributed by atoms with Crippen molar-refractivity contribution in [1.82, 2.24) is 5.48 Å². The van der Waals surface area contributed by atoms with Gasteiger partial charge in [0.05, 0.1) is 21.9 Å². The maximum Gasteiger partial charge on any atom is 0.126 e. The fraction of sp³-hybridized carbons (Fsp3) is 0.435. The molecule has 2 aliphatic carbocycles. The minimum Gasteiger partial charge on any atom is -0.386 e. The van der Waals surface area contributed by atoms with Gasteiger partial charge in [-0.05, 0) is 161 Å². The Labute approximate surface area is 343 Å². The molecule has 6 rings (SSSR count). The highest BCUT2D eigenvalue weighted by Gasteiger charge is 2.26. The summed E-state index contributed by atoms with van der Waals surface area (Å²) in [5.41, 5.74) is 7.05. The molecule has 55 heavy (non-hydrogen) atoms. The molecule has 0 amide bonds. The van der Waals surface area contributed by atoms with E-state index in [4.69, 9.17) is 35.4 Å². The van der Waals surface area contributed by atoms with Gasteiger partial charge in [-0.15, -0.1) is 0 Å². The minimum atomic E-state index is -0.799. The van der Waals surface area contributed by atoms with Gasteiger partial charge in [0.2, 0.25) is 0 Å². The summed E-state index contributed by atoms with van der Waals surface area (Å²) in [6, 6.07) is 31.9. The first-order valence-electron chi connectivity index (χ1n) is 19.6. The molecule has 9 heteroatoms. The highest BCUT2D eigenvalue weighted by atomic mass is 35.5. The summed E-state index contributed by atoms with van der Waals surface area (Å²) in [4.78, 5) is 5.39.